The first-order chi connectivity index (χ1) is 9.08. The maximum Gasteiger partial charge on any atom is 0.307 e. The number of hydrogen-bond acceptors (Lipinski definition) is 3. The third-order valence-corrected chi connectivity index (χ3v) is 3.29. The molecule has 0 bridgehead atoms. The molecule has 0 aliphatic heterocycles. The summed E-state index contributed by atoms with van der Waals surface area (Å²) in [5.74, 6) is -2.24. The Morgan fingerprint density at radius 2 is 2.00 bits per heavy atom. The summed E-state index contributed by atoms with van der Waals surface area (Å²) in [7, 11) is 0. The van der Waals surface area contributed by atoms with Crippen molar-refractivity contribution in [1.82, 2.24) is 4.98 Å². The quantitative estimate of drug-likeness (QED) is 0.833. The standard InChI is InChI=1S/C13H13ClN2O3/c14-8-5-6-15-11(7-8)16-12(17)9-3-1-2-4-10(9)13(18)19/h1-2,5-7,9-10H,3-4H2,(H,18,19)(H,15,16,17). The van der Waals surface area contributed by atoms with E-state index in [9.17, 15) is 9.59 Å². The number of carbonyl (C=O) groups is 2. The second-order valence-electron chi connectivity index (χ2n) is 4.34. The SMILES string of the molecule is O=C(O)C1CC=CCC1C(=O)Nc1cc(Cl)ccn1. The molecule has 5 nitrogen and oxygen atoms in total. The molecule has 0 saturated carbocycles. The maximum atomic E-state index is 12.1. The molecule has 19 heavy (non-hydrogen) atoms. The molecule has 1 aliphatic rings. The molecule has 1 amide bonds. The van der Waals surface area contributed by atoms with Crippen LogP contribution < -0.4 is 5.32 Å². The van der Waals surface area contributed by atoms with Crippen LogP contribution in [-0.2, 0) is 9.59 Å². The summed E-state index contributed by atoms with van der Waals surface area (Å²) in [5.41, 5.74) is 0. The molecule has 1 aromatic heterocycles. The Morgan fingerprint density at radius 3 is 2.63 bits per heavy atom. The summed E-state index contributed by atoms with van der Waals surface area (Å²) in [4.78, 5) is 27.2. The summed E-state index contributed by atoms with van der Waals surface area (Å²) in [6.45, 7) is 0. The van der Waals surface area contributed by atoms with Crippen LogP contribution in [0, 0.1) is 11.8 Å². The van der Waals surface area contributed by atoms with Gasteiger partial charge in [0.05, 0.1) is 11.8 Å². The number of hydrogen-bond donors (Lipinski definition) is 2. The molecule has 6 heteroatoms. The molecule has 2 N–H and O–H groups in total. The van der Waals surface area contributed by atoms with E-state index in [-0.39, 0.29) is 5.91 Å². The van der Waals surface area contributed by atoms with E-state index in [2.05, 4.69) is 10.3 Å². The van der Waals surface area contributed by atoms with Gasteiger partial charge in [-0.25, -0.2) is 4.98 Å². The third kappa shape index (κ3) is 3.32. The minimum atomic E-state index is -0.955. The highest BCUT2D eigenvalue weighted by Crippen LogP contribution is 2.27. The number of nitrogens with one attached hydrogen (secondary N) is 1. The third-order valence-electron chi connectivity index (χ3n) is 3.06. The van der Waals surface area contributed by atoms with Crippen LogP contribution in [0.15, 0.2) is 30.5 Å². The van der Waals surface area contributed by atoms with Crippen molar-refractivity contribution < 1.29 is 14.7 Å². The Morgan fingerprint density at radius 1 is 1.32 bits per heavy atom. The molecular weight excluding hydrogens is 268 g/mol. The van der Waals surface area contributed by atoms with Gasteiger partial charge in [-0.3, -0.25) is 9.59 Å². The van der Waals surface area contributed by atoms with Gasteiger partial charge in [-0.1, -0.05) is 23.8 Å². The van der Waals surface area contributed by atoms with E-state index in [0.717, 1.165) is 0 Å². The summed E-state index contributed by atoms with van der Waals surface area (Å²) in [5, 5.41) is 12.2. The number of aromatic nitrogens is 1. The zero-order valence-corrected chi connectivity index (χ0v) is 10.8. The fourth-order valence-corrected chi connectivity index (χ4v) is 2.23. The van der Waals surface area contributed by atoms with Crippen LogP contribution in [0.3, 0.4) is 0 Å². The largest absolute Gasteiger partial charge is 0.481 e. The lowest BCUT2D eigenvalue weighted by Gasteiger charge is -2.23. The van der Waals surface area contributed by atoms with Crippen molar-refractivity contribution in [3.63, 3.8) is 0 Å². The van der Waals surface area contributed by atoms with E-state index in [4.69, 9.17) is 16.7 Å². The van der Waals surface area contributed by atoms with Gasteiger partial charge in [0.15, 0.2) is 0 Å². The number of carboxylic acids is 1. The average Bonchev–Trinajstić information content (AvgIpc) is 2.38. The van der Waals surface area contributed by atoms with Crippen molar-refractivity contribution in [1.29, 1.82) is 0 Å². The van der Waals surface area contributed by atoms with E-state index in [0.29, 0.717) is 23.7 Å². The minimum absolute atomic E-state index is 0.330. The van der Waals surface area contributed by atoms with E-state index in [1.807, 2.05) is 6.08 Å². The molecule has 0 saturated heterocycles. The first-order valence-electron chi connectivity index (χ1n) is 5.88. The van der Waals surface area contributed by atoms with Gasteiger partial charge in [0, 0.05) is 11.2 Å². The molecule has 2 rings (SSSR count). The van der Waals surface area contributed by atoms with Crippen molar-refractivity contribution in [3.8, 4) is 0 Å². The second-order valence-corrected chi connectivity index (χ2v) is 4.78. The number of anilines is 1. The van der Waals surface area contributed by atoms with Gasteiger partial charge in [0.2, 0.25) is 5.91 Å². The van der Waals surface area contributed by atoms with Crippen molar-refractivity contribution in [2.75, 3.05) is 5.32 Å². The molecule has 2 atom stereocenters. The van der Waals surface area contributed by atoms with Crippen molar-refractivity contribution in [3.05, 3.63) is 35.5 Å². The Kier molecular flexibility index (Phi) is 4.16. The lowest BCUT2D eigenvalue weighted by Crippen LogP contribution is -2.34. The Hall–Kier alpha value is -1.88. The molecule has 0 spiro atoms. The Labute approximate surface area is 115 Å². The zero-order valence-electron chi connectivity index (χ0n) is 10.0. The highest BCUT2D eigenvalue weighted by Gasteiger charge is 2.34. The zero-order chi connectivity index (χ0) is 13.8. The maximum absolute atomic E-state index is 12.1. The number of carboxylic acid groups (broad SMARTS) is 1. The smallest absolute Gasteiger partial charge is 0.307 e. The van der Waals surface area contributed by atoms with Gasteiger partial charge in [-0.05, 0) is 25.0 Å². The minimum Gasteiger partial charge on any atom is -0.481 e. The molecule has 2 unspecified atom stereocenters. The number of rotatable bonds is 3. The van der Waals surface area contributed by atoms with Crippen LogP contribution in [0.2, 0.25) is 5.02 Å². The fraction of sp³-hybridized carbons (Fsp3) is 0.308. The Balaban J connectivity index is 2.10. The molecule has 0 radical (unpaired) electrons. The van der Waals surface area contributed by atoms with Crippen LogP contribution in [0.1, 0.15) is 12.8 Å². The molecule has 1 aliphatic carbocycles. The van der Waals surface area contributed by atoms with Gasteiger partial charge < -0.3 is 10.4 Å². The average molecular weight is 281 g/mol. The van der Waals surface area contributed by atoms with Gasteiger partial charge in [0.25, 0.3) is 0 Å². The summed E-state index contributed by atoms with van der Waals surface area (Å²) < 4.78 is 0. The molecule has 100 valence electrons. The van der Waals surface area contributed by atoms with Gasteiger partial charge in [-0.2, -0.15) is 0 Å². The molecule has 0 aromatic carbocycles. The van der Waals surface area contributed by atoms with Crippen molar-refractivity contribution in [2.45, 2.75) is 12.8 Å². The number of pyridine rings is 1. The number of halogens is 1. The predicted octanol–water partition coefficient (Wildman–Crippen LogP) is 2.34. The van der Waals surface area contributed by atoms with Crippen LogP contribution in [-0.4, -0.2) is 22.0 Å². The first kappa shape index (κ1) is 13.5. The number of aliphatic carboxylic acids is 1. The summed E-state index contributed by atoms with van der Waals surface area (Å²) in [6, 6.07) is 3.12. The number of nitrogens with zero attached hydrogens (tertiary/aromatic N) is 1. The van der Waals surface area contributed by atoms with Crippen LogP contribution in [0.25, 0.3) is 0 Å². The molecule has 1 heterocycles. The van der Waals surface area contributed by atoms with E-state index in [1.165, 1.54) is 12.3 Å². The van der Waals surface area contributed by atoms with Crippen LogP contribution >= 0.6 is 11.6 Å². The highest BCUT2D eigenvalue weighted by atomic mass is 35.5. The fourth-order valence-electron chi connectivity index (χ4n) is 2.07. The summed E-state index contributed by atoms with van der Waals surface area (Å²) in [6.07, 6.45) is 5.89. The molecule has 0 fully saturated rings. The molecule has 1 aromatic rings. The Bertz CT molecular complexity index is 530. The van der Waals surface area contributed by atoms with Crippen LogP contribution in [0.5, 0.6) is 0 Å². The lowest BCUT2D eigenvalue weighted by atomic mass is 9.82. The highest BCUT2D eigenvalue weighted by molar-refractivity contribution is 6.30. The molecular formula is C13H13ClN2O3. The van der Waals surface area contributed by atoms with Crippen molar-refractivity contribution >= 4 is 29.3 Å². The van der Waals surface area contributed by atoms with Crippen molar-refractivity contribution in [2.24, 2.45) is 11.8 Å². The first-order valence-corrected chi connectivity index (χ1v) is 6.26. The lowest BCUT2D eigenvalue weighted by molar-refractivity contribution is -0.146. The van der Waals surface area contributed by atoms with Gasteiger partial charge in [-0.15, -0.1) is 0 Å². The van der Waals surface area contributed by atoms with Gasteiger partial charge >= 0.3 is 5.97 Å². The van der Waals surface area contributed by atoms with E-state index >= 15 is 0 Å². The number of allylic oxidation sites excluding steroid dienone is 2. The topological polar surface area (TPSA) is 79.3 Å². The number of amides is 1. The monoisotopic (exact) mass is 280 g/mol. The van der Waals surface area contributed by atoms with Crippen LogP contribution in [0.4, 0.5) is 5.82 Å². The summed E-state index contributed by atoms with van der Waals surface area (Å²) >= 11 is 5.80. The van der Waals surface area contributed by atoms with Gasteiger partial charge in [0.1, 0.15) is 5.82 Å². The second kappa shape index (κ2) is 5.84. The van der Waals surface area contributed by atoms with E-state index in [1.54, 1.807) is 12.1 Å². The van der Waals surface area contributed by atoms with E-state index < -0.39 is 17.8 Å². The number of carbonyl (C=O) groups excluding carboxylic acids is 1. The predicted molar refractivity (Wildman–Crippen MR) is 70.9 cm³/mol. The normalized spacial score (nSPS) is 21.9.